The molecule has 2 aromatic rings. The topological polar surface area (TPSA) is 42.0 Å². The first kappa shape index (κ1) is 12.3. The van der Waals surface area contributed by atoms with Crippen molar-refractivity contribution in [2.75, 3.05) is 5.32 Å². The molecule has 1 amide bonds. The van der Waals surface area contributed by atoms with Crippen LogP contribution >= 0.6 is 0 Å². The monoisotopic (exact) mass is 240 g/mol. The Bertz CT molecular complexity index is 602. The van der Waals surface area contributed by atoms with Crippen LogP contribution in [0.15, 0.2) is 48.2 Å². The number of hydrogen-bond acceptors (Lipinski definition) is 2. The highest BCUT2D eigenvalue weighted by atomic mass is 16.1. The summed E-state index contributed by atoms with van der Waals surface area (Å²) in [6.07, 6.45) is 4.54. The number of benzene rings is 1. The van der Waals surface area contributed by atoms with Crippen LogP contribution in [0.5, 0.6) is 0 Å². The molecule has 0 aliphatic rings. The zero-order valence-corrected chi connectivity index (χ0v) is 10.6. The zero-order valence-electron chi connectivity index (χ0n) is 10.6. The number of allylic oxidation sites excluding steroid dienone is 1. The average molecular weight is 240 g/mol. The standard InChI is InChI=1S/C15H16N2O/c1-3-5-11(2)15(18)17-13-7-8-14-12(10-13)6-4-9-16-14/h4-10H,3H2,1-2H3,(H,17,18)/b11-5-. The van der Waals surface area contributed by atoms with E-state index in [1.54, 1.807) is 6.20 Å². The van der Waals surface area contributed by atoms with Crippen molar-refractivity contribution in [2.24, 2.45) is 0 Å². The number of nitrogens with one attached hydrogen (secondary N) is 1. The summed E-state index contributed by atoms with van der Waals surface area (Å²) in [4.78, 5) is 16.1. The van der Waals surface area contributed by atoms with Crippen molar-refractivity contribution >= 4 is 22.5 Å². The third kappa shape index (κ3) is 2.74. The van der Waals surface area contributed by atoms with Crippen LogP contribution in [0.3, 0.4) is 0 Å². The first-order chi connectivity index (χ1) is 8.70. The van der Waals surface area contributed by atoms with Crippen LogP contribution in [0.1, 0.15) is 20.3 Å². The molecule has 0 aliphatic heterocycles. The number of hydrogen-bond donors (Lipinski definition) is 1. The molecular weight excluding hydrogens is 224 g/mol. The predicted octanol–water partition coefficient (Wildman–Crippen LogP) is 3.53. The lowest BCUT2D eigenvalue weighted by Gasteiger charge is -2.06. The fraction of sp³-hybridized carbons (Fsp3) is 0.200. The smallest absolute Gasteiger partial charge is 0.250 e. The first-order valence-corrected chi connectivity index (χ1v) is 6.03. The molecule has 1 N–H and O–H groups in total. The lowest BCUT2D eigenvalue weighted by Crippen LogP contribution is -2.12. The Hall–Kier alpha value is -2.16. The summed E-state index contributed by atoms with van der Waals surface area (Å²) in [5.41, 5.74) is 2.46. The van der Waals surface area contributed by atoms with Crippen LogP contribution in [0.4, 0.5) is 5.69 Å². The van der Waals surface area contributed by atoms with Crippen LogP contribution in [-0.4, -0.2) is 10.9 Å². The highest BCUT2D eigenvalue weighted by Crippen LogP contribution is 2.17. The third-order valence-corrected chi connectivity index (χ3v) is 2.73. The molecule has 0 saturated heterocycles. The van der Waals surface area contributed by atoms with E-state index in [4.69, 9.17) is 0 Å². The summed E-state index contributed by atoms with van der Waals surface area (Å²) in [7, 11) is 0. The number of amides is 1. The molecule has 92 valence electrons. The predicted molar refractivity (Wildman–Crippen MR) is 74.4 cm³/mol. The molecule has 1 aromatic heterocycles. The number of nitrogens with zero attached hydrogens (tertiary/aromatic N) is 1. The first-order valence-electron chi connectivity index (χ1n) is 6.03. The van der Waals surface area contributed by atoms with E-state index in [1.165, 1.54) is 0 Å². The summed E-state index contributed by atoms with van der Waals surface area (Å²) in [5.74, 6) is -0.0555. The van der Waals surface area contributed by atoms with Gasteiger partial charge in [-0.1, -0.05) is 19.1 Å². The molecule has 0 aliphatic carbocycles. The van der Waals surface area contributed by atoms with Gasteiger partial charge < -0.3 is 5.32 Å². The Kier molecular flexibility index (Phi) is 3.72. The summed E-state index contributed by atoms with van der Waals surface area (Å²) in [6, 6.07) is 9.57. The largest absolute Gasteiger partial charge is 0.322 e. The van der Waals surface area contributed by atoms with Crippen LogP contribution in [-0.2, 0) is 4.79 Å². The van der Waals surface area contributed by atoms with Crippen molar-refractivity contribution in [3.05, 3.63) is 48.2 Å². The van der Waals surface area contributed by atoms with Crippen molar-refractivity contribution in [3.63, 3.8) is 0 Å². The summed E-state index contributed by atoms with van der Waals surface area (Å²) >= 11 is 0. The summed E-state index contributed by atoms with van der Waals surface area (Å²) < 4.78 is 0. The molecule has 18 heavy (non-hydrogen) atoms. The van der Waals surface area contributed by atoms with E-state index >= 15 is 0 Å². The molecule has 0 saturated carbocycles. The van der Waals surface area contributed by atoms with Gasteiger partial charge in [0.05, 0.1) is 5.52 Å². The van der Waals surface area contributed by atoms with Crippen molar-refractivity contribution < 1.29 is 4.79 Å². The van der Waals surface area contributed by atoms with Gasteiger partial charge in [0.1, 0.15) is 0 Å². The second-order valence-corrected chi connectivity index (χ2v) is 4.16. The molecule has 1 heterocycles. The fourth-order valence-electron chi connectivity index (χ4n) is 1.78. The summed E-state index contributed by atoms with van der Waals surface area (Å²) in [5, 5.41) is 3.90. The number of carbonyl (C=O) groups is 1. The molecule has 1 aromatic carbocycles. The Morgan fingerprint density at radius 2 is 2.22 bits per heavy atom. The Morgan fingerprint density at radius 1 is 1.39 bits per heavy atom. The quantitative estimate of drug-likeness (QED) is 0.834. The third-order valence-electron chi connectivity index (χ3n) is 2.73. The van der Waals surface area contributed by atoms with Gasteiger partial charge >= 0.3 is 0 Å². The number of rotatable bonds is 3. The molecule has 3 heteroatoms. The average Bonchev–Trinajstić information content (AvgIpc) is 2.39. The molecule has 2 rings (SSSR count). The van der Waals surface area contributed by atoms with Crippen molar-refractivity contribution in [2.45, 2.75) is 20.3 Å². The normalized spacial score (nSPS) is 11.6. The van der Waals surface area contributed by atoms with Gasteiger partial charge in [0, 0.05) is 22.8 Å². The van der Waals surface area contributed by atoms with Crippen LogP contribution in [0, 0.1) is 0 Å². The Labute approximate surface area is 107 Å². The number of pyridine rings is 1. The highest BCUT2D eigenvalue weighted by Gasteiger charge is 2.04. The van der Waals surface area contributed by atoms with E-state index in [2.05, 4.69) is 10.3 Å². The molecular formula is C15H16N2O. The number of carbonyl (C=O) groups excluding carboxylic acids is 1. The van der Waals surface area contributed by atoms with E-state index in [-0.39, 0.29) is 5.91 Å². The maximum Gasteiger partial charge on any atom is 0.250 e. The Balaban J connectivity index is 2.22. The van der Waals surface area contributed by atoms with Crippen molar-refractivity contribution in [1.82, 2.24) is 4.98 Å². The SMILES string of the molecule is CC/C=C(/C)C(=O)Nc1ccc2ncccc2c1. The van der Waals surface area contributed by atoms with Gasteiger partial charge in [-0.3, -0.25) is 9.78 Å². The second kappa shape index (κ2) is 5.45. The van der Waals surface area contributed by atoms with Gasteiger partial charge in [-0.05, 0) is 37.6 Å². The maximum atomic E-state index is 11.8. The van der Waals surface area contributed by atoms with Crippen molar-refractivity contribution in [1.29, 1.82) is 0 Å². The fourth-order valence-corrected chi connectivity index (χ4v) is 1.78. The number of fused-ring (bicyclic) bond motifs is 1. The molecule has 0 unspecified atom stereocenters. The molecule has 3 nitrogen and oxygen atoms in total. The van der Waals surface area contributed by atoms with Gasteiger partial charge in [-0.25, -0.2) is 0 Å². The van der Waals surface area contributed by atoms with Crippen molar-refractivity contribution in [3.8, 4) is 0 Å². The number of aromatic nitrogens is 1. The minimum absolute atomic E-state index is 0.0555. The molecule has 0 atom stereocenters. The van der Waals surface area contributed by atoms with E-state index in [1.807, 2.05) is 50.3 Å². The molecule has 0 fully saturated rings. The number of anilines is 1. The lowest BCUT2D eigenvalue weighted by atomic mass is 10.2. The maximum absolute atomic E-state index is 11.8. The van der Waals surface area contributed by atoms with E-state index in [9.17, 15) is 4.79 Å². The van der Waals surface area contributed by atoms with Gasteiger partial charge in [0.2, 0.25) is 0 Å². The summed E-state index contributed by atoms with van der Waals surface area (Å²) in [6.45, 7) is 3.83. The van der Waals surface area contributed by atoms with Crippen LogP contribution in [0.25, 0.3) is 10.9 Å². The van der Waals surface area contributed by atoms with Gasteiger partial charge in [0.15, 0.2) is 0 Å². The van der Waals surface area contributed by atoms with Crippen LogP contribution in [0.2, 0.25) is 0 Å². The van der Waals surface area contributed by atoms with Crippen LogP contribution < -0.4 is 5.32 Å². The Morgan fingerprint density at radius 3 is 3.00 bits per heavy atom. The van der Waals surface area contributed by atoms with Gasteiger partial charge in [0.25, 0.3) is 5.91 Å². The van der Waals surface area contributed by atoms with E-state index in [0.29, 0.717) is 0 Å². The van der Waals surface area contributed by atoms with Gasteiger partial charge in [-0.2, -0.15) is 0 Å². The lowest BCUT2D eigenvalue weighted by molar-refractivity contribution is -0.112. The van der Waals surface area contributed by atoms with Gasteiger partial charge in [-0.15, -0.1) is 0 Å². The second-order valence-electron chi connectivity index (χ2n) is 4.16. The van der Waals surface area contributed by atoms with E-state index < -0.39 is 0 Å². The van der Waals surface area contributed by atoms with E-state index in [0.717, 1.165) is 28.6 Å². The highest BCUT2D eigenvalue weighted by molar-refractivity contribution is 6.04. The minimum Gasteiger partial charge on any atom is -0.322 e. The molecule has 0 radical (unpaired) electrons. The zero-order chi connectivity index (χ0) is 13.0. The molecule has 0 bridgehead atoms. The minimum atomic E-state index is -0.0555. The molecule has 0 spiro atoms.